The molecule has 2 aliphatic rings. The smallest absolute Gasteiger partial charge is 0.409 e. The number of para-hydroxylation sites is 1. The molecule has 0 aromatic heterocycles. The lowest BCUT2D eigenvalue weighted by atomic mass is 10.2. The average molecular weight is 515 g/mol. The standard InChI is InChI=1S/C20H29N5O3.HI/c1-3-21-19(23-11-13-24(14-12-23)20(27)28-4-2)22-15-18(26)25-10-9-16-7-5-6-8-17(16)25;/h5-8H,3-4,9-15H2,1-2H3,(H,21,22);1H. The van der Waals surface area contributed by atoms with Crippen LogP contribution in [0.1, 0.15) is 19.4 Å². The summed E-state index contributed by atoms with van der Waals surface area (Å²) >= 11 is 0. The van der Waals surface area contributed by atoms with Crippen molar-refractivity contribution in [3.8, 4) is 0 Å². The molecule has 9 heteroatoms. The van der Waals surface area contributed by atoms with Crippen molar-refractivity contribution in [2.24, 2.45) is 4.99 Å². The average Bonchev–Trinajstić information content (AvgIpc) is 3.15. The van der Waals surface area contributed by atoms with Crippen LogP contribution >= 0.6 is 24.0 Å². The minimum Gasteiger partial charge on any atom is -0.450 e. The van der Waals surface area contributed by atoms with Gasteiger partial charge in [0.15, 0.2) is 5.96 Å². The molecular formula is C20H30IN5O3. The van der Waals surface area contributed by atoms with E-state index in [1.54, 1.807) is 11.8 Å². The Morgan fingerprint density at radius 3 is 2.45 bits per heavy atom. The number of rotatable bonds is 4. The molecule has 0 aliphatic carbocycles. The summed E-state index contributed by atoms with van der Waals surface area (Å²) in [6, 6.07) is 8.02. The first kappa shape index (κ1) is 23.2. The van der Waals surface area contributed by atoms with Gasteiger partial charge in [-0.1, -0.05) is 18.2 Å². The van der Waals surface area contributed by atoms with E-state index in [2.05, 4.69) is 21.3 Å². The third-order valence-electron chi connectivity index (χ3n) is 4.99. The molecule has 0 spiro atoms. The Morgan fingerprint density at radius 1 is 1.07 bits per heavy atom. The van der Waals surface area contributed by atoms with Gasteiger partial charge in [-0.25, -0.2) is 9.79 Å². The van der Waals surface area contributed by atoms with Gasteiger partial charge in [0.2, 0.25) is 5.91 Å². The number of halogens is 1. The molecular weight excluding hydrogens is 485 g/mol. The Kier molecular flexibility index (Phi) is 8.99. The maximum Gasteiger partial charge on any atom is 0.409 e. The van der Waals surface area contributed by atoms with Crippen molar-refractivity contribution >= 4 is 47.6 Å². The quantitative estimate of drug-likeness (QED) is 0.377. The number of guanidine groups is 1. The van der Waals surface area contributed by atoms with E-state index >= 15 is 0 Å². The SMILES string of the molecule is CCNC(=NCC(=O)N1CCc2ccccc21)N1CCN(C(=O)OCC)CC1.I. The lowest BCUT2D eigenvalue weighted by molar-refractivity contribution is -0.117. The van der Waals surface area contributed by atoms with Gasteiger partial charge in [-0.05, 0) is 31.9 Å². The topological polar surface area (TPSA) is 77.5 Å². The molecule has 2 amide bonds. The normalized spacial score (nSPS) is 16.2. The molecule has 1 fully saturated rings. The molecule has 8 nitrogen and oxygen atoms in total. The van der Waals surface area contributed by atoms with Gasteiger partial charge in [0.25, 0.3) is 0 Å². The predicted molar refractivity (Wildman–Crippen MR) is 124 cm³/mol. The number of aliphatic imine (C=N–C) groups is 1. The van der Waals surface area contributed by atoms with E-state index in [9.17, 15) is 9.59 Å². The summed E-state index contributed by atoms with van der Waals surface area (Å²) in [4.78, 5) is 34.7. The summed E-state index contributed by atoms with van der Waals surface area (Å²) < 4.78 is 5.06. The van der Waals surface area contributed by atoms with Crippen molar-refractivity contribution in [2.45, 2.75) is 20.3 Å². The van der Waals surface area contributed by atoms with Crippen molar-refractivity contribution in [3.63, 3.8) is 0 Å². The van der Waals surface area contributed by atoms with E-state index in [0.29, 0.717) is 45.3 Å². The van der Waals surface area contributed by atoms with E-state index in [-0.39, 0.29) is 42.5 Å². The van der Waals surface area contributed by atoms with Gasteiger partial charge in [-0.2, -0.15) is 0 Å². The molecule has 1 aromatic rings. The molecule has 0 unspecified atom stereocenters. The number of ether oxygens (including phenoxy) is 1. The predicted octanol–water partition coefficient (Wildman–Crippen LogP) is 1.93. The zero-order valence-electron chi connectivity index (χ0n) is 17.1. The highest BCUT2D eigenvalue weighted by Crippen LogP contribution is 2.27. The Bertz CT molecular complexity index is 735. The van der Waals surface area contributed by atoms with Crippen LogP contribution in [0.25, 0.3) is 0 Å². The molecule has 2 heterocycles. The van der Waals surface area contributed by atoms with Crippen LogP contribution < -0.4 is 10.2 Å². The Labute approximate surface area is 189 Å². The number of nitrogens with one attached hydrogen (secondary N) is 1. The minimum absolute atomic E-state index is 0. The Balaban J connectivity index is 0.00000300. The molecule has 1 aromatic carbocycles. The maximum absolute atomic E-state index is 12.7. The van der Waals surface area contributed by atoms with Crippen LogP contribution in [0.5, 0.6) is 0 Å². The van der Waals surface area contributed by atoms with Crippen LogP contribution in [0.3, 0.4) is 0 Å². The molecule has 1 N–H and O–H groups in total. The number of carbonyl (C=O) groups is 2. The summed E-state index contributed by atoms with van der Waals surface area (Å²) in [5.74, 6) is 0.720. The first-order valence-electron chi connectivity index (χ1n) is 9.97. The van der Waals surface area contributed by atoms with Crippen LogP contribution in [-0.4, -0.2) is 80.2 Å². The van der Waals surface area contributed by atoms with Crippen LogP contribution in [0.4, 0.5) is 10.5 Å². The number of amides is 2. The number of anilines is 1. The molecule has 29 heavy (non-hydrogen) atoms. The van der Waals surface area contributed by atoms with Crippen LogP contribution in [0, 0.1) is 0 Å². The molecule has 0 bridgehead atoms. The molecule has 2 aliphatic heterocycles. The number of hydrogen-bond donors (Lipinski definition) is 1. The van der Waals surface area contributed by atoms with E-state index in [1.165, 1.54) is 5.56 Å². The summed E-state index contributed by atoms with van der Waals surface area (Å²) in [5, 5.41) is 3.26. The van der Waals surface area contributed by atoms with E-state index in [0.717, 1.165) is 18.7 Å². The second kappa shape index (κ2) is 11.2. The molecule has 0 radical (unpaired) electrons. The third kappa shape index (κ3) is 5.74. The number of carbonyl (C=O) groups excluding carboxylic acids is 2. The molecule has 0 saturated carbocycles. The van der Waals surface area contributed by atoms with Crippen molar-refractivity contribution in [3.05, 3.63) is 29.8 Å². The number of fused-ring (bicyclic) bond motifs is 1. The van der Waals surface area contributed by atoms with Gasteiger partial charge in [0, 0.05) is 45.0 Å². The van der Waals surface area contributed by atoms with Gasteiger partial charge in [0.05, 0.1) is 6.61 Å². The van der Waals surface area contributed by atoms with Crippen LogP contribution in [0.2, 0.25) is 0 Å². The fraction of sp³-hybridized carbons (Fsp3) is 0.550. The largest absolute Gasteiger partial charge is 0.450 e. The lowest BCUT2D eigenvalue weighted by Gasteiger charge is -2.35. The number of hydrogen-bond acceptors (Lipinski definition) is 4. The second-order valence-corrected chi connectivity index (χ2v) is 6.77. The van der Waals surface area contributed by atoms with Crippen molar-refractivity contribution < 1.29 is 14.3 Å². The van der Waals surface area contributed by atoms with E-state index in [1.807, 2.05) is 30.0 Å². The van der Waals surface area contributed by atoms with Gasteiger partial charge in [-0.15, -0.1) is 24.0 Å². The zero-order valence-corrected chi connectivity index (χ0v) is 19.4. The molecule has 1 saturated heterocycles. The maximum atomic E-state index is 12.7. The van der Waals surface area contributed by atoms with Crippen molar-refractivity contribution in [1.82, 2.24) is 15.1 Å². The van der Waals surface area contributed by atoms with Gasteiger partial charge in [0.1, 0.15) is 6.54 Å². The summed E-state index contributed by atoms with van der Waals surface area (Å²) in [5.41, 5.74) is 2.21. The van der Waals surface area contributed by atoms with Crippen molar-refractivity contribution in [1.29, 1.82) is 0 Å². The fourth-order valence-electron chi connectivity index (χ4n) is 3.57. The van der Waals surface area contributed by atoms with Gasteiger partial charge < -0.3 is 24.8 Å². The molecule has 160 valence electrons. The first-order valence-corrected chi connectivity index (χ1v) is 9.97. The molecule has 0 atom stereocenters. The zero-order chi connectivity index (χ0) is 19.9. The van der Waals surface area contributed by atoms with Gasteiger partial charge in [-0.3, -0.25) is 4.79 Å². The lowest BCUT2D eigenvalue weighted by Crippen LogP contribution is -2.54. The monoisotopic (exact) mass is 515 g/mol. The van der Waals surface area contributed by atoms with E-state index < -0.39 is 0 Å². The first-order chi connectivity index (χ1) is 13.6. The summed E-state index contributed by atoms with van der Waals surface area (Å²) in [6.45, 7) is 8.20. The fourth-order valence-corrected chi connectivity index (χ4v) is 3.57. The van der Waals surface area contributed by atoms with Crippen LogP contribution in [0.15, 0.2) is 29.3 Å². The third-order valence-corrected chi connectivity index (χ3v) is 4.99. The Morgan fingerprint density at radius 2 is 1.76 bits per heavy atom. The molecule has 3 rings (SSSR count). The van der Waals surface area contributed by atoms with Crippen molar-refractivity contribution in [2.75, 3.05) is 57.3 Å². The number of benzene rings is 1. The van der Waals surface area contributed by atoms with Crippen LogP contribution in [-0.2, 0) is 16.0 Å². The highest BCUT2D eigenvalue weighted by atomic mass is 127. The Hall–Kier alpha value is -2.04. The second-order valence-electron chi connectivity index (χ2n) is 6.77. The highest BCUT2D eigenvalue weighted by molar-refractivity contribution is 14.0. The number of piperazine rings is 1. The summed E-state index contributed by atoms with van der Waals surface area (Å²) in [7, 11) is 0. The van der Waals surface area contributed by atoms with Gasteiger partial charge >= 0.3 is 6.09 Å². The van der Waals surface area contributed by atoms with E-state index in [4.69, 9.17) is 4.74 Å². The number of nitrogens with zero attached hydrogens (tertiary/aromatic N) is 4. The minimum atomic E-state index is -0.271. The summed E-state index contributed by atoms with van der Waals surface area (Å²) in [6.07, 6.45) is 0.619. The highest BCUT2D eigenvalue weighted by Gasteiger charge is 2.26.